The quantitative estimate of drug-likeness (QED) is 0.756. The van der Waals surface area contributed by atoms with E-state index < -0.39 is 23.7 Å². The number of nitrogens with one attached hydrogen (secondary N) is 2. The molecule has 0 aromatic heterocycles. The molecule has 0 bridgehead atoms. The molecular formula is C19H18ClFN2O3. The lowest BCUT2D eigenvalue weighted by Crippen LogP contribution is -2.41. The molecular weight excluding hydrogens is 359 g/mol. The van der Waals surface area contributed by atoms with E-state index in [9.17, 15) is 14.0 Å². The highest BCUT2D eigenvalue weighted by Crippen LogP contribution is 2.19. The molecule has 7 heteroatoms. The van der Waals surface area contributed by atoms with E-state index in [-0.39, 0.29) is 10.7 Å². The molecule has 1 atom stereocenters. The van der Waals surface area contributed by atoms with Crippen molar-refractivity contribution in [1.29, 1.82) is 0 Å². The van der Waals surface area contributed by atoms with Crippen LogP contribution in [0.4, 0.5) is 10.1 Å². The lowest BCUT2D eigenvalue weighted by atomic mass is 10.2. The van der Waals surface area contributed by atoms with Gasteiger partial charge in [-0.05, 0) is 48.9 Å². The highest BCUT2D eigenvalue weighted by molar-refractivity contribution is 6.30. The minimum Gasteiger partial charge on any atom is -0.497 e. The summed E-state index contributed by atoms with van der Waals surface area (Å²) in [5.41, 5.74) is 0.801. The Hall–Kier alpha value is -2.86. The number of carbonyl (C=O) groups is 2. The van der Waals surface area contributed by atoms with Crippen LogP contribution in [0.25, 0.3) is 6.08 Å². The predicted octanol–water partition coefficient (Wildman–Crippen LogP) is 3.64. The van der Waals surface area contributed by atoms with Crippen LogP contribution in [-0.4, -0.2) is 25.0 Å². The molecule has 0 spiro atoms. The number of hydrogen-bond donors (Lipinski definition) is 2. The van der Waals surface area contributed by atoms with Gasteiger partial charge in [-0.25, -0.2) is 4.39 Å². The van der Waals surface area contributed by atoms with Gasteiger partial charge in [0.1, 0.15) is 17.6 Å². The molecule has 1 unspecified atom stereocenters. The first-order valence-electron chi connectivity index (χ1n) is 7.77. The first-order valence-corrected chi connectivity index (χ1v) is 8.15. The van der Waals surface area contributed by atoms with Gasteiger partial charge in [0.05, 0.1) is 12.8 Å². The van der Waals surface area contributed by atoms with Crippen LogP contribution < -0.4 is 15.4 Å². The largest absolute Gasteiger partial charge is 0.497 e. The van der Waals surface area contributed by atoms with Crippen molar-refractivity contribution in [2.75, 3.05) is 12.4 Å². The lowest BCUT2D eigenvalue weighted by Gasteiger charge is -2.13. The van der Waals surface area contributed by atoms with E-state index in [2.05, 4.69) is 10.6 Å². The number of methoxy groups -OCH3 is 1. The zero-order valence-electron chi connectivity index (χ0n) is 14.3. The van der Waals surface area contributed by atoms with Crippen LogP contribution in [0.1, 0.15) is 12.5 Å². The van der Waals surface area contributed by atoms with Crippen molar-refractivity contribution >= 4 is 35.2 Å². The molecule has 0 aliphatic carbocycles. The Bertz CT molecular complexity index is 822. The molecule has 26 heavy (non-hydrogen) atoms. The van der Waals surface area contributed by atoms with Gasteiger partial charge in [-0.1, -0.05) is 23.7 Å². The van der Waals surface area contributed by atoms with Crippen LogP contribution in [0.5, 0.6) is 5.75 Å². The van der Waals surface area contributed by atoms with E-state index in [0.717, 1.165) is 11.6 Å². The zero-order chi connectivity index (χ0) is 19.1. The fourth-order valence-electron chi connectivity index (χ4n) is 2.05. The van der Waals surface area contributed by atoms with E-state index in [0.29, 0.717) is 5.75 Å². The number of benzene rings is 2. The third-order valence-corrected chi connectivity index (χ3v) is 3.72. The maximum atomic E-state index is 13.7. The fraction of sp³-hybridized carbons (Fsp3) is 0.158. The Morgan fingerprint density at radius 2 is 1.88 bits per heavy atom. The maximum Gasteiger partial charge on any atom is 0.246 e. The molecule has 0 fully saturated rings. The third kappa shape index (κ3) is 5.60. The van der Waals surface area contributed by atoms with Gasteiger partial charge in [-0.15, -0.1) is 0 Å². The van der Waals surface area contributed by atoms with Crippen LogP contribution in [0.3, 0.4) is 0 Å². The Kier molecular flexibility index (Phi) is 6.74. The Morgan fingerprint density at radius 3 is 2.50 bits per heavy atom. The first-order chi connectivity index (χ1) is 12.4. The summed E-state index contributed by atoms with van der Waals surface area (Å²) in [5.74, 6) is -0.924. The summed E-state index contributed by atoms with van der Waals surface area (Å²) in [6, 6.07) is 10.2. The van der Waals surface area contributed by atoms with Gasteiger partial charge >= 0.3 is 0 Å². The summed E-state index contributed by atoms with van der Waals surface area (Å²) in [4.78, 5) is 24.0. The zero-order valence-corrected chi connectivity index (χ0v) is 15.0. The van der Waals surface area contributed by atoms with Crippen LogP contribution >= 0.6 is 11.6 Å². The summed E-state index contributed by atoms with van der Waals surface area (Å²) in [6.07, 6.45) is 2.92. The minimum absolute atomic E-state index is 0.00530. The van der Waals surface area contributed by atoms with Crippen molar-refractivity contribution in [2.24, 2.45) is 0 Å². The van der Waals surface area contributed by atoms with E-state index >= 15 is 0 Å². The smallest absolute Gasteiger partial charge is 0.246 e. The summed E-state index contributed by atoms with van der Waals surface area (Å²) in [7, 11) is 1.57. The highest BCUT2D eigenvalue weighted by atomic mass is 35.5. The van der Waals surface area contributed by atoms with Gasteiger partial charge in [0.2, 0.25) is 11.8 Å². The van der Waals surface area contributed by atoms with Crippen molar-refractivity contribution < 1.29 is 18.7 Å². The molecule has 0 radical (unpaired) electrons. The van der Waals surface area contributed by atoms with Crippen LogP contribution in [0.15, 0.2) is 48.5 Å². The van der Waals surface area contributed by atoms with Crippen LogP contribution in [-0.2, 0) is 9.59 Å². The second-order valence-electron chi connectivity index (χ2n) is 5.45. The van der Waals surface area contributed by atoms with Crippen molar-refractivity contribution in [3.63, 3.8) is 0 Å². The minimum atomic E-state index is -0.849. The average Bonchev–Trinajstić information content (AvgIpc) is 2.62. The van der Waals surface area contributed by atoms with Crippen molar-refractivity contribution in [3.05, 3.63) is 64.9 Å². The van der Waals surface area contributed by atoms with Crippen molar-refractivity contribution in [1.82, 2.24) is 5.32 Å². The molecule has 0 saturated heterocycles. The molecule has 2 aromatic carbocycles. The SMILES string of the molecule is COc1ccc(/C=C/C(=O)NC(C)C(=O)Nc2ccc(Cl)cc2F)cc1. The van der Waals surface area contributed by atoms with Crippen molar-refractivity contribution in [2.45, 2.75) is 13.0 Å². The van der Waals surface area contributed by atoms with Gasteiger partial charge in [0.25, 0.3) is 0 Å². The standard InChI is InChI=1S/C19H18ClFN2O3/c1-12(19(25)23-17-9-6-14(20)11-16(17)21)22-18(24)10-5-13-3-7-15(26-2)8-4-13/h3-12H,1-2H3,(H,22,24)(H,23,25)/b10-5+. The monoisotopic (exact) mass is 376 g/mol. The number of halogens is 2. The van der Waals surface area contributed by atoms with E-state index in [1.165, 1.54) is 25.1 Å². The summed E-state index contributed by atoms with van der Waals surface area (Å²) < 4.78 is 18.7. The number of amides is 2. The van der Waals surface area contributed by atoms with E-state index in [1.54, 1.807) is 37.5 Å². The van der Waals surface area contributed by atoms with E-state index in [4.69, 9.17) is 16.3 Å². The topological polar surface area (TPSA) is 67.4 Å². The molecule has 2 amide bonds. The third-order valence-electron chi connectivity index (χ3n) is 3.48. The number of rotatable bonds is 6. The summed E-state index contributed by atoms with van der Waals surface area (Å²) >= 11 is 5.66. The average molecular weight is 377 g/mol. The molecule has 2 N–H and O–H groups in total. The van der Waals surface area contributed by atoms with Crippen LogP contribution in [0.2, 0.25) is 5.02 Å². The van der Waals surface area contributed by atoms with Crippen molar-refractivity contribution in [3.8, 4) is 5.75 Å². The molecule has 2 aromatic rings. The second kappa shape index (κ2) is 9.01. The van der Waals surface area contributed by atoms with Gasteiger partial charge in [0.15, 0.2) is 0 Å². The molecule has 5 nitrogen and oxygen atoms in total. The Balaban J connectivity index is 1.90. The molecule has 2 rings (SSSR count). The van der Waals surface area contributed by atoms with Gasteiger partial charge in [0, 0.05) is 11.1 Å². The van der Waals surface area contributed by atoms with Gasteiger partial charge < -0.3 is 15.4 Å². The summed E-state index contributed by atoms with van der Waals surface area (Å²) in [5, 5.41) is 5.14. The Labute approximate surface area is 155 Å². The number of ether oxygens (including phenoxy) is 1. The normalized spacial score (nSPS) is 11.8. The maximum absolute atomic E-state index is 13.7. The first kappa shape index (κ1) is 19.5. The van der Waals surface area contributed by atoms with Crippen LogP contribution in [0, 0.1) is 5.82 Å². The fourth-order valence-corrected chi connectivity index (χ4v) is 2.20. The predicted molar refractivity (Wildman–Crippen MR) is 99.7 cm³/mol. The van der Waals surface area contributed by atoms with E-state index in [1.807, 2.05) is 0 Å². The highest BCUT2D eigenvalue weighted by Gasteiger charge is 2.16. The molecule has 0 saturated carbocycles. The number of anilines is 1. The second-order valence-corrected chi connectivity index (χ2v) is 5.89. The molecule has 0 heterocycles. The lowest BCUT2D eigenvalue weighted by molar-refractivity contribution is -0.123. The number of carbonyl (C=O) groups excluding carboxylic acids is 2. The Morgan fingerprint density at radius 1 is 1.19 bits per heavy atom. The van der Waals surface area contributed by atoms with Gasteiger partial charge in [-0.3, -0.25) is 9.59 Å². The molecule has 136 valence electrons. The number of hydrogen-bond acceptors (Lipinski definition) is 3. The molecule has 0 aliphatic heterocycles. The van der Waals surface area contributed by atoms with Gasteiger partial charge in [-0.2, -0.15) is 0 Å². The summed E-state index contributed by atoms with van der Waals surface area (Å²) in [6.45, 7) is 1.50. The molecule has 0 aliphatic rings.